The van der Waals surface area contributed by atoms with E-state index in [9.17, 15) is 9.59 Å². The Morgan fingerprint density at radius 2 is 2.00 bits per heavy atom. The minimum Gasteiger partial charge on any atom is -0.330 e. The normalized spacial score (nSPS) is 13.5. The fourth-order valence-electron chi connectivity index (χ4n) is 3.14. The lowest BCUT2D eigenvalue weighted by Crippen LogP contribution is -2.23. The maximum atomic E-state index is 12.3. The van der Waals surface area contributed by atoms with Gasteiger partial charge in [-0.15, -0.1) is 10.2 Å². The predicted molar refractivity (Wildman–Crippen MR) is 122 cm³/mol. The molecule has 1 aliphatic heterocycles. The zero-order valence-corrected chi connectivity index (χ0v) is 18.1. The van der Waals surface area contributed by atoms with Gasteiger partial charge >= 0.3 is 0 Å². The zero-order valence-electron chi connectivity index (χ0n) is 16.4. The first-order valence-electron chi connectivity index (χ1n) is 9.57. The van der Waals surface area contributed by atoms with Crippen LogP contribution in [0.1, 0.15) is 18.4 Å². The van der Waals surface area contributed by atoms with E-state index < -0.39 is 0 Å². The number of benzene rings is 2. The Bertz CT molecular complexity index is 1050. The van der Waals surface area contributed by atoms with Crippen LogP contribution >= 0.6 is 23.1 Å². The summed E-state index contributed by atoms with van der Waals surface area (Å²) in [6.07, 6.45) is 1.49. The third-order valence-electron chi connectivity index (χ3n) is 4.54. The van der Waals surface area contributed by atoms with E-state index in [1.807, 2.05) is 55.5 Å². The highest BCUT2D eigenvalue weighted by Gasteiger charge is 2.21. The fourth-order valence-corrected chi connectivity index (χ4v) is 4.71. The molecule has 1 saturated heterocycles. The van der Waals surface area contributed by atoms with Gasteiger partial charge in [-0.25, -0.2) is 0 Å². The average Bonchev–Trinajstić information content (AvgIpc) is 3.36. The summed E-state index contributed by atoms with van der Waals surface area (Å²) in [5.74, 6) is 0.274. The molecule has 0 atom stereocenters. The number of aromatic nitrogens is 2. The number of hydrogen-bond donors (Lipinski definition) is 2. The second-order valence-electron chi connectivity index (χ2n) is 6.90. The van der Waals surface area contributed by atoms with Crippen LogP contribution in [0.25, 0.3) is 0 Å². The molecule has 0 aliphatic carbocycles. The molecule has 0 radical (unpaired) electrons. The van der Waals surface area contributed by atoms with Crippen LogP contribution in [-0.4, -0.2) is 34.3 Å². The van der Waals surface area contributed by atoms with E-state index in [1.165, 1.54) is 23.1 Å². The van der Waals surface area contributed by atoms with Gasteiger partial charge in [0.15, 0.2) is 4.34 Å². The second kappa shape index (κ2) is 9.27. The smallest absolute Gasteiger partial charge is 0.234 e. The lowest BCUT2D eigenvalue weighted by Gasteiger charge is -2.16. The van der Waals surface area contributed by atoms with Gasteiger partial charge in [0.25, 0.3) is 0 Å². The number of anilines is 4. The quantitative estimate of drug-likeness (QED) is 0.529. The predicted octanol–water partition coefficient (Wildman–Crippen LogP) is 4.45. The van der Waals surface area contributed by atoms with Crippen molar-refractivity contribution in [3.8, 4) is 0 Å². The molecule has 2 amide bonds. The summed E-state index contributed by atoms with van der Waals surface area (Å²) in [7, 11) is 0. The van der Waals surface area contributed by atoms with E-state index in [1.54, 1.807) is 4.90 Å². The first-order chi connectivity index (χ1) is 14.6. The molecule has 2 aromatic carbocycles. The van der Waals surface area contributed by atoms with Crippen molar-refractivity contribution in [1.82, 2.24) is 10.2 Å². The minimum absolute atomic E-state index is 0.117. The zero-order chi connectivity index (χ0) is 20.9. The number of carbonyl (C=O) groups is 2. The average molecular weight is 440 g/mol. The molecule has 0 saturated carbocycles. The molecule has 2 heterocycles. The highest BCUT2D eigenvalue weighted by Crippen LogP contribution is 2.28. The van der Waals surface area contributed by atoms with Crippen LogP contribution in [0.15, 0.2) is 52.9 Å². The summed E-state index contributed by atoms with van der Waals surface area (Å²) in [4.78, 5) is 25.9. The van der Waals surface area contributed by atoms with Crippen molar-refractivity contribution in [3.05, 3.63) is 54.1 Å². The van der Waals surface area contributed by atoms with Crippen LogP contribution in [0, 0.1) is 6.92 Å². The van der Waals surface area contributed by atoms with Gasteiger partial charge in [0.1, 0.15) is 0 Å². The van der Waals surface area contributed by atoms with Crippen LogP contribution in [-0.2, 0) is 9.59 Å². The number of rotatable bonds is 7. The lowest BCUT2D eigenvalue weighted by molar-refractivity contribution is -0.117. The van der Waals surface area contributed by atoms with Crippen molar-refractivity contribution in [3.63, 3.8) is 0 Å². The summed E-state index contributed by atoms with van der Waals surface area (Å²) in [6, 6.07) is 15.4. The molecule has 1 fully saturated rings. The first-order valence-corrected chi connectivity index (χ1v) is 11.4. The van der Waals surface area contributed by atoms with Gasteiger partial charge in [0.05, 0.1) is 5.75 Å². The van der Waals surface area contributed by atoms with Gasteiger partial charge in [-0.2, -0.15) is 0 Å². The van der Waals surface area contributed by atoms with E-state index >= 15 is 0 Å². The number of hydrogen-bond acceptors (Lipinski definition) is 7. The third-order valence-corrected chi connectivity index (χ3v) is 6.51. The molecule has 154 valence electrons. The minimum atomic E-state index is -0.117. The molecule has 0 spiro atoms. The molecule has 0 unspecified atom stereocenters. The molecule has 30 heavy (non-hydrogen) atoms. The van der Waals surface area contributed by atoms with Crippen LogP contribution < -0.4 is 15.5 Å². The van der Waals surface area contributed by atoms with Crippen molar-refractivity contribution in [1.29, 1.82) is 0 Å². The molecule has 4 rings (SSSR count). The van der Waals surface area contributed by atoms with Crippen molar-refractivity contribution in [2.24, 2.45) is 0 Å². The van der Waals surface area contributed by atoms with Crippen molar-refractivity contribution in [2.45, 2.75) is 24.1 Å². The largest absolute Gasteiger partial charge is 0.330 e. The summed E-state index contributed by atoms with van der Waals surface area (Å²) in [5, 5.41) is 15.0. The third kappa shape index (κ3) is 5.17. The molecule has 1 aliphatic rings. The Morgan fingerprint density at radius 1 is 1.17 bits per heavy atom. The topological polar surface area (TPSA) is 87.2 Å². The van der Waals surface area contributed by atoms with Gasteiger partial charge in [0.2, 0.25) is 16.9 Å². The molecule has 2 N–H and O–H groups in total. The summed E-state index contributed by atoms with van der Waals surface area (Å²) in [6.45, 7) is 2.79. The number of amides is 2. The van der Waals surface area contributed by atoms with Crippen LogP contribution in [0.4, 0.5) is 22.2 Å². The van der Waals surface area contributed by atoms with E-state index in [2.05, 4.69) is 20.8 Å². The Labute approximate surface area is 182 Å². The number of nitrogens with zero attached hydrogens (tertiary/aromatic N) is 3. The van der Waals surface area contributed by atoms with Crippen molar-refractivity contribution >= 4 is 57.1 Å². The van der Waals surface area contributed by atoms with E-state index in [-0.39, 0.29) is 17.6 Å². The molecule has 1 aromatic heterocycles. The summed E-state index contributed by atoms with van der Waals surface area (Å²) in [5.41, 5.74) is 3.69. The Kier molecular flexibility index (Phi) is 6.29. The van der Waals surface area contributed by atoms with Crippen molar-refractivity contribution < 1.29 is 9.59 Å². The van der Waals surface area contributed by atoms with Gasteiger partial charge in [-0.1, -0.05) is 35.2 Å². The monoisotopic (exact) mass is 439 g/mol. The molecule has 7 nitrogen and oxygen atoms in total. The molecular weight excluding hydrogens is 418 g/mol. The maximum Gasteiger partial charge on any atom is 0.234 e. The van der Waals surface area contributed by atoms with E-state index in [4.69, 9.17) is 0 Å². The molecule has 9 heteroatoms. The Morgan fingerprint density at radius 3 is 2.73 bits per heavy atom. The number of aryl methyl sites for hydroxylation is 1. The standard InChI is InChI=1S/C21H21N5O2S2/c1-14-4-2-5-16(12-14)23-20-24-25-21(30-20)29-13-18(27)22-15-7-9-17(10-8-15)26-11-3-6-19(26)28/h2,4-5,7-10,12H,3,6,11,13H2,1H3,(H,22,27)(H,23,24). The number of thioether (sulfide) groups is 1. The van der Waals surface area contributed by atoms with Crippen molar-refractivity contribution in [2.75, 3.05) is 27.8 Å². The highest BCUT2D eigenvalue weighted by atomic mass is 32.2. The van der Waals surface area contributed by atoms with Gasteiger partial charge in [0, 0.05) is 30.0 Å². The maximum absolute atomic E-state index is 12.3. The van der Waals surface area contributed by atoms with E-state index in [0.717, 1.165) is 34.2 Å². The molecule has 3 aromatic rings. The summed E-state index contributed by atoms with van der Waals surface area (Å²) >= 11 is 2.76. The molecular formula is C21H21N5O2S2. The second-order valence-corrected chi connectivity index (χ2v) is 9.10. The Balaban J connectivity index is 1.27. The number of nitrogens with one attached hydrogen (secondary N) is 2. The van der Waals surface area contributed by atoms with Gasteiger partial charge in [-0.3, -0.25) is 9.59 Å². The van der Waals surface area contributed by atoms with Gasteiger partial charge < -0.3 is 15.5 Å². The SMILES string of the molecule is Cc1cccc(Nc2nnc(SCC(=O)Nc3ccc(N4CCCC4=O)cc3)s2)c1. The lowest BCUT2D eigenvalue weighted by atomic mass is 10.2. The summed E-state index contributed by atoms with van der Waals surface area (Å²) < 4.78 is 0.725. The number of carbonyl (C=O) groups excluding carboxylic acids is 2. The van der Waals surface area contributed by atoms with Crippen LogP contribution in [0.2, 0.25) is 0 Å². The Hall–Kier alpha value is -2.91. The fraction of sp³-hybridized carbons (Fsp3) is 0.238. The van der Waals surface area contributed by atoms with Crippen LogP contribution in [0.5, 0.6) is 0 Å². The van der Waals surface area contributed by atoms with E-state index in [0.29, 0.717) is 17.2 Å². The van der Waals surface area contributed by atoms with Gasteiger partial charge in [-0.05, 0) is 55.3 Å². The van der Waals surface area contributed by atoms with Crippen LogP contribution in [0.3, 0.4) is 0 Å². The first kappa shape index (κ1) is 20.4. The highest BCUT2D eigenvalue weighted by molar-refractivity contribution is 8.01. The molecule has 0 bridgehead atoms.